The van der Waals surface area contributed by atoms with Gasteiger partial charge in [0.05, 0.1) is 0 Å². The molecule has 0 nitrogen and oxygen atoms in total. The molecule has 0 heterocycles. The van der Waals surface area contributed by atoms with Crippen LogP contribution in [-0.4, -0.2) is 11.1 Å². The van der Waals surface area contributed by atoms with E-state index < -0.39 is 0 Å². The van der Waals surface area contributed by atoms with E-state index in [4.69, 9.17) is 12.6 Å². The second-order valence-electron chi connectivity index (χ2n) is 2.49. The van der Waals surface area contributed by atoms with E-state index >= 15 is 0 Å². The zero-order valence-corrected chi connectivity index (χ0v) is 8.52. The van der Waals surface area contributed by atoms with Crippen LogP contribution in [0.5, 0.6) is 0 Å². The molecule has 0 fully saturated rings. The average Bonchev–Trinajstić information content (AvgIpc) is 1.95. The van der Waals surface area contributed by atoms with Crippen LogP contribution in [0.2, 0.25) is 0 Å². The molecule has 55 valence electrons. The molecule has 0 aliphatic carbocycles. The third-order valence-corrected chi connectivity index (χ3v) is 3.89. The van der Waals surface area contributed by atoms with E-state index in [1.807, 2.05) is 0 Å². The van der Waals surface area contributed by atoms with E-state index in [1.54, 1.807) is 0 Å². The molecule has 0 saturated carbocycles. The summed E-state index contributed by atoms with van der Waals surface area (Å²) < 4.78 is 0. The number of hydrogen-bond acceptors (Lipinski definition) is 0. The molecule has 9 heavy (non-hydrogen) atoms. The minimum Gasteiger partial charge on any atom is -0.0935 e. The quantitative estimate of drug-likeness (QED) is 0.624. The Balaban J connectivity index is 3.82. The first-order valence-corrected chi connectivity index (χ1v) is 5.08. The van der Waals surface area contributed by atoms with Crippen LogP contribution in [-0.2, 0) is 0 Å². The maximum atomic E-state index is 5.05. The lowest BCUT2D eigenvalue weighted by molar-refractivity contribution is 0.360. The van der Waals surface area contributed by atoms with E-state index in [0.717, 1.165) is 11.1 Å². The summed E-state index contributed by atoms with van der Waals surface area (Å²) in [5.41, 5.74) is 0.398. The van der Waals surface area contributed by atoms with Crippen LogP contribution < -0.4 is 0 Å². The van der Waals surface area contributed by atoms with Gasteiger partial charge >= 0.3 is 0 Å². The topological polar surface area (TPSA) is 0 Å². The Bertz CT molecular complexity index is 51.8. The molecule has 1 radical (unpaired) electrons. The summed E-state index contributed by atoms with van der Waals surface area (Å²) in [5.74, 6) is 0.880. The number of rotatable bonds is 4. The predicted octanol–water partition coefficient (Wildman–Crippen LogP) is 3.39. The summed E-state index contributed by atoms with van der Waals surface area (Å²) in [4.78, 5) is 0. The lowest BCUT2D eigenvalue weighted by Gasteiger charge is -2.26. The van der Waals surface area contributed by atoms with Crippen molar-refractivity contribution in [1.82, 2.24) is 0 Å². The van der Waals surface area contributed by atoms with Crippen LogP contribution >= 0.6 is 28.6 Å². The third kappa shape index (κ3) is 2.50. The minimum atomic E-state index is 0.398. The molecule has 0 aliphatic heterocycles. The normalized spacial score (nSPS) is 12.0. The smallest absolute Gasteiger partial charge is 0.0101 e. The van der Waals surface area contributed by atoms with Crippen molar-refractivity contribution >= 4 is 28.6 Å². The Labute approximate surface area is 72.0 Å². The fourth-order valence-electron chi connectivity index (χ4n) is 0.682. The van der Waals surface area contributed by atoms with Crippen molar-refractivity contribution in [2.45, 2.75) is 26.7 Å². The molecule has 2 heteroatoms. The standard InChI is InChI=1S/C7H14BrS/c1-3-7(4-2,5-8)6-9/h3-6H2,1-2H3. The maximum absolute atomic E-state index is 5.05. The highest BCUT2D eigenvalue weighted by Crippen LogP contribution is 2.29. The Hall–Kier alpha value is 0.830. The van der Waals surface area contributed by atoms with E-state index in [-0.39, 0.29) is 0 Å². The highest BCUT2D eigenvalue weighted by molar-refractivity contribution is 9.09. The Morgan fingerprint density at radius 1 is 1.33 bits per heavy atom. The number of hydrogen-bond donors (Lipinski definition) is 0. The first-order valence-electron chi connectivity index (χ1n) is 3.38. The van der Waals surface area contributed by atoms with Crippen molar-refractivity contribution in [2.75, 3.05) is 11.1 Å². The molecule has 0 unspecified atom stereocenters. The Morgan fingerprint density at radius 2 is 1.78 bits per heavy atom. The fraction of sp³-hybridized carbons (Fsp3) is 1.00. The zero-order valence-electron chi connectivity index (χ0n) is 6.11. The van der Waals surface area contributed by atoms with E-state index in [0.29, 0.717) is 5.41 Å². The van der Waals surface area contributed by atoms with E-state index in [1.165, 1.54) is 12.8 Å². The minimum absolute atomic E-state index is 0.398. The molecule has 0 aliphatic rings. The summed E-state index contributed by atoms with van der Waals surface area (Å²) in [6, 6.07) is 0. The molecular formula is C7H14BrS. The highest BCUT2D eigenvalue weighted by atomic mass is 79.9. The first-order chi connectivity index (χ1) is 4.24. The summed E-state index contributed by atoms with van der Waals surface area (Å²) in [6.07, 6.45) is 2.39. The van der Waals surface area contributed by atoms with Gasteiger partial charge in [0.15, 0.2) is 0 Å². The van der Waals surface area contributed by atoms with Crippen LogP contribution in [0.4, 0.5) is 0 Å². The molecule has 0 spiro atoms. The van der Waals surface area contributed by atoms with Crippen molar-refractivity contribution in [2.24, 2.45) is 5.41 Å². The molecule has 0 aromatic heterocycles. The molecule has 0 amide bonds. The Kier molecular flexibility index (Phi) is 5.04. The zero-order chi connectivity index (χ0) is 7.33. The van der Waals surface area contributed by atoms with Crippen molar-refractivity contribution in [3.8, 4) is 0 Å². The fourth-order valence-corrected chi connectivity index (χ4v) is 2.45. The first kappa shape index (κ1) is 9.83. The van der Waals surface area contributed by atoms with Gasteiger partial charge in [-0.1, -0.05) is 42.4 Å². The molecule has 0 aromatic rings. The second kappa shape index (κ2) is 4.62. The van der Waals surface area contributed by atoms with Gasteiger partial charge in [-0.3, -0.25) is 0 Å². The van der Waals surface area contributed by atoms with Crippen molar-refractivity contribution in [1.29, 1.82) is 0 Å². The summed E-state index contributed by atoms with van der Waals surface area (Å²) in [6.45, 7) is 4.41. The maximum Gasteiger partial charge on any atom is 0.0101 e. The highest BCUT2D eigenvalue weighted by Gasteiger charge is 2.22. The van der Waals surface area contributed by atoms with Crippen LogP contribution in [0.3, 0.4) is 0 Å². The molecule has 0 atom stereocenters. The van der Waals surface area contributed by atoms with Gasteiger partial charge in [-0.15, -0.1) is 0 Å². The van der Waals surface area contributed by atoms with Gasteiger partial charge in [-0.2, -0.15) is 0 Å². The van der Waals surface area contributed by atoms with Gasteiger partial charge in [0.2, 0.25) is 0 Å². The van der Waals surface area contributed by atoms with Crippen LogP contribution in [0, 0.1) is 5.41 Å². The second-order valence-corrected chi connectivity index (χ2v) is 3.33. The number of alkyl halides is 1. The summed E-state index contributed by atoms with van der Waals surface area (Å²) >= 11 is 8.54. The van der Waals surface area contributed by atoms with Gasteiger partial charge in [0, 0.05) is 11.1 Å². The van der Waals surface area contributed by atoms with Crippen molar-refractivity contribution in [3.63, 3.8) is 0 Å². The Morgan fingerprint density at radius 3 is 1.78 bits per heavy atom. The van der Waals surface area contributed by atoms with Gasteiger partial charge < -0.3 is 0 Å². The largest absolute Gasteiger partial charge is 0.0935 e. The van der Waals surface area contributed by atoms with E-state index in [9.17, 15) is 0 Å². The average molecular weight is 210 g/mol. The SMILES string of the molecule is CCC(CC)(C[S])CBr. The van der Waals surface area contributed by atoms with Gasteiger partial charge in [-0.25, -0.2) is 0 Å². The molecule has 0 bridgehead atoms. The van der Waals surface area contributed by atoms with Crippen LogP contribution in [0.1, 0.15) is 26.7 Å². The molecule has 0 rings (SSSR count). The van der Waals surface area contributed by atoms with Crippen LogP contribution in [0.15, 0.2) is 0 Å². The summed E-state index contributed by atoms with van der Waals surface area (Å²) in [7, 11) is 0. The molecule has 0 N–H and O–H groups in total. The summed E-state index contributed by atoms with van der Waals surface area (Å²) in [5, 5.41) is 1.05. The molecule has 0 aromatic carbocycles. The van der Waals surface area contributed by atoms with Crippen LogP contribution in [0.25, 0.3) is 0 Å². The lowest BCUT2D eigenvalue weighted by atomic mass is 9.87. The van der Waals surface area contributed by atoms with Gasteiger partial charge in [-0.05, 0) is 18.3 Å². The van der Waals surface area contributed by atoms with E-state index in [2.05, 4.69) is 29.8 Å². The lowest BCUT2D eigenvalue weighted by Crippen LogP contribution is -2.22. The van der Waals surface area contributed by atoms with Gasteiger partial charge in [0.25, 0.3) is 0 Å². The van der Waals surface area contributed by atoms with Crippen molar-refractivity contribution in [3.05, 3.63) is 0 Å². The number of halogens is 1. The monoisotopic (exact) mass is 209 g/mol. The molecular weight excluding hydrogens is 196 g/mol. The third-order valence-electron chi connectivity index (χ3n) is 2.09. The van der Waals surface area contributed by atoms with Gasteiger partial charge in [0.1, 0.15) is 0 Å². The predicted molar refractivity (Wildman–Crippen MR) is 49.3 cm³/mol. The van der Waals surface area contributed by atoms with Crippen molar-refractivity contribution < 1.29 is 0 Å². The molecule has 0 saturated heterocycles.